The molecule has 0 saturated carbocycles. The van der Waals surface area contributed by atoms with E-state index in [1.165, 1.54) is 6.07 Å². The Labute approximate surface area is 97.4 Å². The molecule has 0 atom stereocenters. The van der Waals surface area contributed by atoms with Crippen molar-refractivity contribution < 1.29 is 9.50 Å². The van der Waals surface area contributed by atoms with Gasteiger partial charge in [-0.2, -0.15) is 0 Å². The SMILES string of the molecule is Cc1cc(F)c(O)c(CC(C)(C)N)c1Br. The molecule has 0 heterocycles. The van der Waals surface area contributed by atoms with Crippen molar-refractivity contribution in [3.05, 3.63) is 27.5 Å². The van der Waals surface area contributed by atoms with Gasteiger partial charge in [0.1, 0.15) is 0 Å². The summed E-state index contributed by atoms with van der Waals surface area (Å²) in [6.07, 6.45) is 0.415. The van der Waals surface area contributed by atoms with Crippen molar-refractivity contribution >= 4 is 15.9 Å². The van der Waals surface area contributed by atoms with Crippen LogP contribution in [0.5, 0.6) is 5.75 Å². The zero-order valence-electron chi connectivity index (χ0n) is 9.06. The van der Waals surface area contributed by atoms with Crippen LogP contribution in [0.2, 0.25) is 0 Å². The number of halogens is 2. The van der Waals surface area contributed by atoms with Crippen LogP contribution in [0.1, 0.15) is 25.0 Å². The van der Waals surface area contributed by atoms with E-state index in [0.29, 0.717) is 12.0 Å². The average Bonchev–Trinajstić information content (AvgIpc) is 2.08. The summed E-state index contributed by atoms with van der Waals surface area (Å²) < 4.78 is 14.0. The first-order valence-electron chi connectivity index (χ1n) is 4.67. The van der Waals surface area contributed by atoms with Crippen molar-refractivity contribution in [2.24, 2.45) is 5.73 Å². The average molecular weight is 276 g/mol. The van der Waals surface area contributed by atoms with E-state index in [-0.39, 0.29) is 5.75 Å². The molecule has 0 fully saturated rings. The largest absolute Gasteiger partial charge is 0.505 e. The summed E-state index contributed by atoms with van der Waals surface area (Å²) in [4.78, 5) is 0. The maximum atomic E-state index is 13.3. The van der Waals surface area contributed by atoms with Crippen LogP contribution in [0, 0.1) is 12.7 Å². The fraction of sp³-hybridized carbons (Fsp3) is 0.455. The number of aryl methyl sites for hydroxylation is 1. The molecule has 1 aromatic rings. The van der Waals surface area contributed by atoms with Crippen molar-refractivity contribution in [2.75, 3.05) is 0 Å². The zero-order chi connectivity index (χ0) is 11.8. The van der Waals surface area contributed by atoms with Gasteiger partial charge in [-0.15, -0.1) is 0 Å². The van der Waals surface area contributed by atoms with E-state index in [1.54, 1.807) is 6.92 Å². The minimum atomic E-state index is -0.602. The maximum absolute atomic E-state index is 13.3. The summed E-state index contributed by atoms with van der Waals surface area (Å²) in [7, 11) is 0. The Morgan fingerprint density at radius 3 is 2.53 bits per heavy atom. The smallest absolute Gasteiger partial charge is 0.165 e. The number of nitrogens with two attached hydrogens (primary N) is 1. The van der Waals surface area contributed by atoms with Crippen molar-refractivity contribution in [2.45, 2.75) is 32.7 Å². The molecule has 1 rings (SSSR count). The molecule has 0 aliphatic rings. The fourth-order valence-electron chi connectivity index (χ4n) is 1.42. The minimum Gasteiger partial charge on any atom is -0.505 e. The summed E-state index contributed by atoms with van der Waals surface area (Å²) in [5.74, 6) is -0.916. The molecular formula is C11H15BrFNO. The van der Waals surface area contributed by atoms with Gasteiger partial charge in [-0.3, -0.25) is 0 Å². The number of hydrogen-bond donors (Lipinski definition) is 2. The third-order valence-corrected chi connectivity index (χ3v) is 3.20. The normalized spacial score (nSPS) is 11.9. The van der Waals surface area contributed by atoms with Crippen LogP contribution in [0.15, 0.2) is 10.5 Å². The van der Waals surface area contributed by atoms with Crippen molar-refractivity contribution in [1.29, 1.82) is 0 Å². The quantitative estimate of drug-likeness (QED) is 0.872. The molecule has 0 aromatic heterocycles. The summed E-state index contributed by atoms with van der Waals surface area (Å²) in [6.45, 7) is 5.44. The molecule has 0 saturated heterocycles. The first-order chi connectivity index (χ1) is 6.72. The van der Waals surface area contributed by atoms with E-state index >= 15 is 0 Å². The number of benzene rings is 1. The Balaban J connectivity index is 3.27. The predicted molar refractivity (Wildman–Crippen MR) is 62.5 cm³/mol. The molecule has 1 aromatic carbocycles. The van der Waals surface area contributed by atoms with Gasteiger partial charge in [0, 0.05) is 15.6 Å². The van der Waals surface area contributed by atoms with Crippen LogP contribution in [-0.2, 0) is 6.42 Å². The monoisotopic (exact) mass is 275 g/mol. The first kappa shape index (κ1) is 12.5. The standard InChI is InChI=1S/C11H15BrFNO/c1-6-4-8(13)10(15)7(9(6)12)5-11(2,3)14/h4,15H,5,14H2,1-3H3. The van der Waals surface area contributed by atoms with E-state index in [2.05, 4.69) is 15.9 Å². The third kappa shape index (κ3) is 2.92. The lowest BCUT2D eigenvalue weighted by Crippen LogP contribution is -2.34. The second-order valence-corrected chi connectivity index (χ2v) is 5.27. The topological polar surface area (TPSA) is 46.2 Å². The van der Waals surface area contributed by atoms with Gasteiger partial charge in [0.2, 0.25) is 0 Å². The van der Waals surface area contributed by atoms with E-state index in [1.807, 2.05) is 13.8 Å². The van der Waals surface area contributed by atoms with Crippen LogP contribution in [0.25, 0.3) is 0 Å². The molecule has 84 valence electrons. The maximum Gasteiger partial charge on any atom is 0.165 e. The molecule has 3 N–H and O–H groups in total. The van der Waals surface area contributed by atoms with E-state index < -0.39 is 11.4 Å². The van der Waals surface area contributed by atoms with Crippen LogP contribution in [0.4, 0.5) is 4.39 Å². The number of rotatable bonds is 2. The van der Waals surface area contributed by atoms with Gasteiger partial charge in [-0.1, -0.05) is 15.9 Å². The molecular weight excluding hydrogens is 261 g/mol. The number of aromatic hydroxyl groups is 1. The molecule has 0 bridgehead atoms. The number of hydrogen-bond acceptors (Lipinski definition) is 2. The van der Waals surface area contributed by atoms with E-state index in [0.717, 1.165) is 10.0 Å². The van der Waals surface area contributed by atoms with Crippen LogP contribution < -0.4 is 5.73 Å². The molecule has 0 spiro atoms. The molecule has 0 aliphatic carbocycles. The van der Waals surface area contributed by atoms with Gasteiger partial charge in [0.05, 0.1) is 0 Å². The highest BCUT2D eigenvalue weighted by Gasteiger charge is 2.20. The van der Waals surface area contributed by atoms with Gasteiger partial charge in [-0.05, 0) is 38.8 Å². The van der Waals surface area contributed by atoms with Gasteiger partial charge < -0.3 is 10.8 Å². The molecule has 15 heavy (non-hydrogen) atoms. The Morgan fingerprint density at radius 2 is 2.07 bits per heavy atom. The highest BCUT2D eigenvalue weighted by Crippen LogP contribution is 2.33. The molecule has 0 unspecified atom stereocenters. The molecule has 4 heteroatoms. The summed E-state index contributed by atoms with van der Waals surface area (Å²) in [5.41, 5.74) is 6.65. The van der Waals surface area contributed by atoms with Gasteiger partial charge in [0.15, 0.2) is 11.6 Å². The minimum absolute atomic E-state index is 0.314. The second kappa shape index (κ2) is 4.10. The van der Waals surface area contributed by atoms with Crippen molar-refractivity contribution in [1.82, 2.24) is 0 Å². The highest BCUT2D eigenvalue weighted by molar-refractivity contribution is 9.10. The van der Waals surface area contributed by atoms with Gasteiger partial charge in [-0.25, -0.2) is 4.39 Å². The van der Waals surface area contributed by atoms with Crippen molar-refractivity contribution in [3.8, 4) is 5.75 Å². The number of phenols is 1. The Kier molecular flexibility index (Phi) is 3.41. The predicted octanol–water partition coefficient (Wildman–Crippen LogP) is 2.88. The van der Waals surface area contributed by atoms with Crippen LogP contribution >= 0.6 is 15.9 Å². The molecule has 2 nitrogen and oxygen atoms in total. The second-order valence-electron chi connectivity index (χ2n) is 4.48. The summed E-state index contributed by atoms with van der Waals surface area (Å²) in [6, 6.07) is 1.30. The Bertz CT molecular complexity index is 359. The van der Waals surface area contributed by atoms with Crippen molar-refractivity contribution in [3.63, 3.8) is 0 Å². The van der Waals surface area contributed by atoms with Crippen LogP contribution in [0.3, 0.4) is 0 Å². The Morgan fingerprint density at radius 1 is 1.53 bits per heavy atom. The van der Waals surface area contributed by atoms with Gasteiger partial charge in [0.25, 0.3) is 0 Å². The fourth-order valence-corrected chi connectivity index (χ4v) is 1.87. The lowest BCUT2D eigenvalue weighted by molar-refractivity contribution is 0.414. The number of phenolic OH excluding ortho intramolecular Hbond substituents is 1. The highest BCUT2D eigenvalue weighted by atomic mass is 79.9. The van der Waals surface area contributed by atoms with Gasteiger partial charge >= 0.3 is 0 Å². The first-order valence-corrected chi connectivity index (χ1v) is 5.47. The Hall–Kier alpha value is -0.610. The third-order valence-electron chi connectivity index (χ3n) is 2.10. The van der Waals surface area contributed by atoms with E-state index in [9.17, 15) is 9.50 Å². The molecule has 0 radical (unpaired) electrons. The molecule has 0 amide bonds. The summed E-state index contributed by atoms with van der Waals surface area (Å²) >= 11 is 3.34. The zero-order valence-corrected chi connectivity index (χ0v) is 10.7. The summed E-state index contributed by atoms with van der Waals surface area (Å²) in [5, 5.41) is 9.61. The lowest BCUT2D eigenvalue weighted by atomic mass is 9.94. The van der Waals surface area contributed by atoms with Crippen LogP contribution in [-0.4, -0.2) is 10.6 Å². The van der Waals surface area contributed by atoms with E-state index in [4.69, 9.17) is 5.73 Å². The molecule has 0 aliphatic heterocycles. The lowest BCUT2D eigenvalue weighted by Gasteiger charge is -2.21.